The number of carbonyl (C=O) groups excluding carboxylic acids is 2. The Balaban J connectivity index is 1.77. The second kappa shape index (κ2) is 11.2. The Morgan fingerprint density at radius 1 is 1.19 bits per heavy atom. The summed E-state index contributed by atoms with van der Waals surface area (Å²) in [7, 11) is 0. The van der Waals surface area contributed by atoms with Gasteiger partial charge in [-0.05, 0) is 25.7 Å². The summed E-state index contributed by atoms with van der Waals surface area (Å²) in [5, 5.41) is 12.4. The molecule has 26 heavy (non-hydrogen) atoms. The number of hydrogen-bond donors (Lipinski definition) is 1. The third kappa shape index (κ3) is 5.98. The van der Waals surface area contributed by atoms with Gasteiger partial charge in [-0.15, -0.1) is 0 Å². The van der Waals surface area contributed by atoms with E-state index in [1.54, 1.807) is 11.8 Å². The van der Waals surface area contributed by atoms with Crippen LogP contribution in [0.1, 0.15) is 71.1 Å². The molecule has 0 bridgehead atoms. The van der Waals surface area contributed by atoms with Crippen LogP contribution in [-0.4, -0.2) is 48.6 Å². The van der Waals surface area contributed by atoms with E-state index in [2.05, 4.69) is 11.4 Å². The summed E-state index contributed by atoms with van der Waals surface area (Å²) < 4.78 is 5.82. The maximum Gasteiger partial charge on any atom is 0.226 e. The average molecular weight is 364 g/mol. The van der Waals surface area contributed by atoms with Crippen LogP contribution in [0.4, 0.5) is 0 Å². The summed E-state index contributed by atoms with van der Waals surface area (Å²) in [6, 6.07) is 1.54. The van der Waals surface area contributed by atoms with Crippen molar-refractivity contribution in [3.8, 4) is 6.07 Å². The van der Waals surface area contributed by atoms with Gasteiger partial charge >= 0.3 is 0 Å². The fraction of sp³-hybridized carbons (Fsp3) is 0.850. The lowest BCUT2D eigenvalue weighted by Crippen LogP contribution is -2.49. The number of rotatable bonds is 9. The van der Waals surface area contributed by atoms with Crippen LogP contribution in [0, 0.1) is 17.2 Å². The SMILES string of the molecule is CC(C(=O)NCCOC1CCCCC1)C(C#N)N(C=O)C1CCCCC1. The molecule has 2 aliphatic rings. The summed E-state index contributed by atoms with van der Waals surface area (Å²) in [5.74, 6) is -0.742. The van der Waals surface area contributed by atoms with Gasteiger partial charge in [0.15, 0.2) is 0 Å². The van der Waals surface area contributed by atoms with Gasteiger partial charge in [0.05, 0.1) is 24.7 Å². The number of ether oxygens (including phenoxy) is 1. The second-order valence-corrected chi connectivity index (χ2v) is 7.63. The Hall–Kier alpha value is -1.61. The van der Waals surface area contributed by atoms with Gasteiger partial charge in [0.25, 0.3) is 0 Å². The lowest BCUT2D eigenvalue weighted by molar-refractivity contribution is -0.130. The standard InChI is InChI=1S/C20H33N3O3/c1-16(19(14-21)23(15-24)17-8-4-2-5-9-17)20(25)22-12-13-26-18-10-6-3-7-11-18/h15-19H,2-13H2,1H3,(H,22,25). The van der Waals surface area contributed by atoms with Gasteiger partial charge in [-0.25, -0.2) is 0 Å². The monoisotopic (exact) mass is 363 g/mol. The zero-order valence-corrected chi connectivity index (χ0v) is 16.0. The Kier molecular flexibility index (Phi) is 8.90. The van der Waals surface area contributed by atoms with Crippen LogP contribution < -0.4 is 5.32 Å². The van der Waals surface area contributed by atoms with Crippen LogP contribution in [0.2, 0.25) is 0 Å². The first-order valence-electron chi connectivity index (χ1n) is 10.2. The minimum atomic E-state index is -0.713. The van der Waals surface area contributed by atoms with E-state index < -0.39 is 12.0 Å². The number of nitrogens with zero attached hydrogens (tertiary/aromatic N) is 2. The van der Waals surface area contributed by atoms with E-state index in [-0.39, 0.29) is 11.9 Å². The van der Waals surface area contributed by atoms with Crippen LogP contribution in [0.25, 0.3) is 0 Å². The Bertz CT molecular complexity index is 479. The van der Waals surface area contributed by atoms with Crippen molar-refractivity contribution in [2.75, 3.05) is 13.2 Å². The third-order valence-corrected chi connectivity index (χ3v) is 5.77. The molecule has 2 aliphatic carbocycles. The van der Waals surface area contributed by atoms with Gasteiger partial charge < -0.3 is 15.0 Å². The number of nitrogens with one attached hydrogen (secondary N) is 1. The molecule has 2 saturated carbocycles. The van der Waals surface area contributed by atoms with Gasteiger partial charge in [0.2, 0.25) is 12.3 Å². The van der Waals surface area contributed by atoms with E-state index in [1.165, 1.54) is 25.7 Å². The van der Waals surface area contributed by atoms with Gasteiger partial charge in [0, 0.05) is 12.6 Å². The topological polar surface area (TPSA) is 82.4 Å². The number of amides is 2. The van der Waals surface area contributed by atoms with Gasteiger partial charge in [0.1, 0.15) is 6.04 Å². The molecule has 0 aliphatic heterocycles. The Morgan fingerprint density at radius 2 is 1.81 bits per heavy atom. The van der Waals surface area contributed by atoms with Gasteiger partial charge in [-0.3, -0.25) is 9.59 Å². The first-order chi connectivity index (χ1) is 12.7. The van der Waals surface area contributed by atoms with Crippen LogP contribution >= 0.6 is 0 Å². The van der Waals surface area contributed by atoms with Crippen LogP contribution in [0.5, 0.6) is 0 Å². The van der Waals surface area contributed by atoms with Crippen LogP contribution in [0.3, 0.4) is 0 Å². The van der Waals surface area contributed by atoms with E-state index >= 15 is 0 Å². The molecular formula is C20H33N3O3. The minimum Gasteiger partial charge on any atom is -0.376 e. The zero-order valence-electron chi connectivity index (χ0n) is 16.0. The summed E-state index contributed by atoms with van der Waals surface area (Å²) in [6.07, 6.45) is 12.2. The molecule has 0 spiro atoms. The van der Waals surface area contributed by atoms with E-state index in [4.69, 9.17) is 4.74 Å². The Morgan fingerprint density at radius 3 is 2.38 bits per heavy atom. The summed E-state index contributed by atoms with van der Waals surface area (Å²) >= 11 is 0. The maximum atomic E-state index is 12.4. The van der Waals surface area contributed by atoms with Crippen molar-refractivity contribution in [1.29, 1.82) is 5.26 Å². The molecule has 2 atom stereocenters. The highest BCUT2D eigenvalue weighted by molar-refractivity contribution is 5.79. The van der Waals surface area contributed by atoms with Gasteiger partial charge in [-0.1, -0.05) is 45.4 Å². The maximum absolute atomic E-state index is 12.4. The predicted molar refractivity (Wildman–Crippen MR) is 99.2 cm³/mol. The molecule has 146 valence electrons. The highest BCUT2D eigenvalue weighted by Crippen LogP contribution is 2.25. The van der Waals surface area contributed by atoms with E-state index in [9.17, 15) is 14.9 Å². The van der Waals surface area contributed by atoms with Crippen molar-refractivity contribution in [1.82, 2.24) is 10.2 Å². The molecule has 0 heterocycles. The molecular weight excluding hydrogens is 330 g/mol. The zero-order chi connectivity index (χ0) is 18.8. The summed E-state index contributed by atoms with van der Waals surface area (Å²) in [5.41, 5.74) is 0. The highest BCUT2D eigenvalue weighted by atomic mass is 16.5. The molecule has 2 amide bonds. The molecule has 0 aromatic rings. The second-order valence-electron chi connectivity index (χ2n) is 7.63. The quantitative estimate of drug-likeness (QED) is 0.504. The predicted octanol–water partition coefficient (Wildman–Crippen LogP) is 2.77. The summed E-state index contributed by atoms with van der Waals surface area (Å²) in [4.78, 5) is 25.6. The third-order valence-electron chi connectivity index (χ3n) is 5.77. The molecule has 2 fully saturated rings. The molecule has 6 nitrogen and oxygen atoms in total. The van der Waals surface area contributed by atoms with Gasteiger partial charge in [-0.2, -0.15) is 5.26 Å². The van der Waals surface area contributed by atoms with Crippen molar-refractivity contribution in [3.05, 3.63) is 0 Å². The largest absolute Gasteiger partial charge is 0.376 e. The molecule has 6 heteroatoms. The highest BCUT2D eigenvalue weighted by Gasteiger charge is 2.33. The first kappa shape index (κ1) is 20.7. The van der Waals surface area contributed by atoms with Crippen molar-refractivity contribution in [3.63, 3.8) is 0 Å². The minimum absolute atomic E-state index is 0.0794. The van der Waals surface area contributed by atoms with Crippen LogP contribution in [0.15, 0.2) is 0 Å². The lowest BCUT2D eigenvalue weighted by Gasteiger charge is -2.36. The number of nitriles is 1. The smallest absolute Gasteiger partial charge is 0.226 e. The molecule has 0 radical (unpaired) electrons. The first-order valence-corrected chi connectivity index (χ1v) is 10.2. The van der Waals surface area contributed by atoms with Crippen molar-refractivity contribution >= 4 is 12.3 Å². The normalized spacial score (nSPS) is 21.4. The Labute approximate surface area is 157 Å². The molecule has 2 rings (SSSR count). The van der Waals surface area contributed by atoms with E-state index in [0.717, 1.165) is 44.9 Å². The van der Waals surface area contributed by atoms with E-state index in [0.29, 0.717) is 19.3 Å². The molecule has 0 aromatic heterocycles. The average Bonchev–Trinajstić information content (AvgIpc) is 2.70. The molecule has 2 unspecified atom stereocenters. The van der Waals surface area contributed by atoms with Crippen molar-refractivity contribution < 1.29 is 14.3 Å². The van der Waals surface area contributed by atoms with Crippen molar-refractivity contribution in [2.45, 2.75) is 89.3 Å². The van der Waals surface area contributed by atoms with Crippen molar-refractivity contribution in [2.24, 2.45) is 5.92 Å². The summed E-state index contributed by atoms with van der Waals surface area (Å²) in [6.45, 7) is 2.67. The number of carbonyl (C=O) groups is 2. The fourth-order valence-electron chi connectivity index (χ4n) is 4.13. The fourth-order valence-corrected chi connectivity index (χ4v) is 4.13. The number of hydrogen-bond acceptors (Lipinski definition) is 4. The van der Waals surface area contributed by atoms with E-state index in [1.807, 2.05) is 0 Å². The lowest BCUT2D eigenvalue weighted by atomic mass is 9.91. The molecule has 1 N–H and O–H groups in total. The molecule has 0 saturated heterocycles. The van der Waals surface area contributed by atoms with Crippen LogP contribution in [-0.2, 0) is 14.3 Å². The molecule has 0 aromatic carbocycles.